The number of carbonyl (C=O) groups is 1. The number of hydrogen-bond donors (Lipinski definition) is 1. The van der Waals surface area contributed by atoms with Crippen LogP contribution in [0.1, 0.15) is 75.8 Å². The molecule has 3 rings (SSSR count). The molecule has 1 atom stereocenters. The van der Waals surface area contributed by atoms with Crippen LogP contribution in [0, 0.1) is 0 Å². The van der Waals surface area contributed by atoms with E-state index in [4.69, 9.17) is 4.52 Å². The lowest BCUT2D eigenvalue weighted by Crippen LogP contribution is -2.28. The first kappa shape index (κ1) is 19.4. The van der Waals surface area contributed by atoms with Crippen LogP contribution in [-0.2, 0) is 6.42 Å². The fourth-order valence-electron chi connectivity index (χ4n) is 3.67. The van der Waals surface area contributed by atoms with Crippen LogP contribution in [0.5, 0.6) is 0 Å². The molecule has 0 radical (unpaired) electrons. The van der Waals surface area contributed by atoms with Crippen molar-refractivity contribution in [2.75, 3.05) is 6.54 Å². The van der Waals surface area contributed by atoms with Crippen LogP contribution in [0.3, 0.4) is 0 Å². The molecule has 2 aromatic rings. The lowest BCUT2D eigenvalue weighted by Gasteiger charge is -2.17. The molecule has 0 bridgehead atoms. The third kappa shape index (κ3) is 5.08. The number of aryl methyl sites for hydroxylation is 1. The van der Waals surface area contributed by atoms with Crippen LogP contribution in [0.15, 0.2) is 28.8 Å². The molecular weight excluding hydrogens is 342 g/mol. The molecule has 6 nitrogen and oxygen atoms in total. The molecule has 1 fully saturated rings. The number of likely N-dealkylation sites (tertiary alicyclic amines) is 1. The molecule has 6 heteroatoms. The van der Waals surface area contributed by atoms with Crippen molar-refractivity contribution in [3.05, 3.63) is 35.7 Å². The van der Waals surface area contributed by atoms with Crippen LogP contribution in [0.25, 0.3) is 11.4 Å². The number of carboxylic acid groups (broad SMARTS) is 1. The summed E-state index contributed by atoms with van der Waals surface area (Å²) >= 11 is 0. The summed E-state index contributed by atoms with van der Waals surface area (Å²) in [5.74, 6) is 0.911. The Morgan fingerprint density at radius 3 is 2.67 bits per heavy atom. The summed E-state index contributed by atoms with van der Waals surface area (Å²) < 4.78 is 5.36. The minimum absolute atomic E-state index is 0.323. The van der Waals surface area contributed by atoms with Gasteiger partial charge in [-0.15, -0.1) is 0 Å². The molecule has 1 N–H and O–H groups in total. The van der Waals surface area contributed by atoms with E-state index < -0.39 is 6.09 Å². The van der Waals surface area contributed by atoms with Crippen molar-refractivity contribution >= 4 is 6.09 Å². The van der Waals surface area contributed by atoms with E-state index in [1.165, 1.54) is 49.0 Å². The van der Waals surface area contributed by atoms with E-state index in [1.807, 2.05) is 12.1 Å². The highest BCUT2D eigenvalue weighted by Gasteiger charge is 2.34. The highest BCUT2D eigenvalue weighted by atomic mass is 16.5. The van der Waals surface area contributed by atoms with E-state index in [2.05, 4.69) is 29.2 Å². The van der Waals surface area contributed by atoms with Gasteiger partial charge in [0.15, 0.2) is 0 Å². The largest absolute Gasteiger partial charge is 0.465 e. The Morgan fingerprint density at radius 2 is 1.93 bits per heavy atom. The summed E-state index contributed by atoms with van der Waals surface area (Å²) in [7, 11) is 0. The van der Waals surface area contributed by atoms with Gasteiger partial charge in [-0.2, -0.15) is 4.98 Å². The molecule has 1 aliphatic heterocycles. The topological polar surface area (TPSA) is 79.5 Å². The molecule has 1 amide bonds. The Morgan fingerprint density at radius 1 is 1.19 bits per heavy atom. The third-order valence-corrected chi connectivity index (χ3v) is 5.26. The first-order chi connectivity index (χ1) is 13.2. The quantitative estimate of drug-likeness (QED) is 0.593. The van der Waals surface area contributed by atoms with Crippen molar-refractivity contribution in [2.24, 2.45) is 0 Å². The van der Waals surface area contributed by atoms with E-state index in [1.54, 1.807) is 0 Å². The van der Waals surface area contributed by atoms with Gasteiger partial charge in [0.25, 0.3) is 0 Å². The van der Waals surface area contributed by atoms with E-state index in [9.17, 15) is 9.90 Å². The minimum Gasteiger partial charge on any atom is -0.465 e. The fourth-order valence-corrected chi connectivity index (χ4v) is 3.67. The normalized spacial score (nSPS) is 16.8. The summed E-state index contributed by atoms with van der Waals surface area (Å²) in [6.45, 7) is 2.76. The third-order valence-electron chi connectivity index (χ3n) is 5.26. The van der Waals surface area contributed by atoms with Crippen LogP contribution >= 0.6 is 0 Å². The maximum absolute atomic E-state index is 11.3. The fraction of sp³-hybridized carbons (Fsp3) is 0.571. The summed E-state index contributed by atoms with van der Waals surface area (Å²) in [5, 5.41) is 13.3. The van der Waals surface area contributed by atoms with Crippen LogP contribution in [0.4, 0.5) is 4.79 Å². The van der Waals surface area contributed by atoms with Gasteiger partial charge in [0.1, 0.15) is 6.04 Å². The van der Waals surface area contributed by atoms with Gasteiger partial charge in [-0.3, -0.25) is 4.90 Å². The van der Waals surface area contributed by atoms with E-state index >= 15 is 0 Å². The average Bonchev–Trinajstić information content (AvgIpc) is 3.34. The highest BCUT2D eigenvalue weighted by molar-refractivity contribution is 5.66. The van der Waals surface area contributed by atoms with Crippen LogP contribution in [0.2, 0.25) is 0 Å². The molecule has 1 aliphatic rings. The van der Waals surface area contributed by atoms with E-state index in [-0.39, 0.29) is 6.04 Å². The van der Waals surface area contributed by atoms with Crippen molar-refractivity contribution in [1.29, 1.82) is 0 Å². The zero-order valence-electron chi connectivity index (χ0n) is 16.1. The molecular formula is C21H29N3O3. The Bertz CT molecular complexity index is 727. The van der Waals surface area contributed by atoms with Gasteiger partial charge in [-0.1, -0.05) is 68.4 Å². The summed E-state index contributed by atoms with van der Waals surface area (Å²) in [6, 6.07) is 7.96. The number of rotatable bonds is 9. The van der Waals surface area contributed by atoms with Gasteiger partial charge in [-0.25, -0.2) is 4.79 Å². The van der Waals surface area contributed by atoms with Gasteiger partial charge in [0.2, 0.25) is 11.7 Å². The molecule has 0 aliphatic carbocycles. The second-order valence-electron chi connectivity index (χ2n) is 7.30. The second-order valence-corrected chi connectivity index (χ2v) is 7.30. The molecule has 27 heavy (non-hydrogen) atoms. The Balaban J connectivity index is 1.55. The zero-order valence-corrected chi connectivity index (χ0v) is 16.1. The first-order valence-electron chi connectivity index (χ1n) is 10.1. The van der Waals surface area contributed by atoms with Crippen molar-refractivity contribution in [3.8, 4) is 11.4 Å². The molecule has 146 valence electrons. The second kappa shape index (κ2) is 9.53. The molecule has 1 aromatic heterocycles. The number of nitrogens with zero attached hydrogens (tertiary/aromatic N) is 3. The molecule has 1 saturated heterocycles. The van der Waals surface area contributed by atoms with Gasteiger partial charge < -0.3 is 9.63 Å². The van der Waals surface area contributed by atoms with Gasteiger partial charge in [0, 0.05) is 12.1 Å². The Kier molecular flexibility index (Phi) is 6.85. The lowest BCUT2D eigenvalue weighted by molar-refractivity contribution is 0.131. The Labute approximate surface area is 160 Å². The number of aromatic nitrogens is 2. The van der Waals surface area contributed by atoms with E-state index in [0.717, 1.165) is 24.8 Å². The van der Waals surface area contributed by atoms with Crippen molar-refractivity contribution in [2.45, 2.75) is 70.8 Å². The average molecular weight is 371 g/mol. The number of hydrogen-bond acceptors (Lipinski definition) is 4. The van der Waals surface area contributed by atoms with Gasteiger partial charge in [-0.05, 0) is 31.2 Å². The smallest absolute Gasteiger partial charge is 0.407 e. The Hall–Kier alpha value is -2.37. The molecule has 1 unspecified atom stereocenters. The van der Waals surface area contributed by atoms with Crippen LogP contribution in [-0.4, -0.2) is 32.8 Å². The van der Waals surface area contributed by atoms with E-state index in [0.29, 0.717) is 18.3 Å². The van der Waals surface area contributed by atoms with Crippen molar-refractivity contribution < 1.29 is 14.4 Å². The summed E-state index contributed by atoms with van der Waals surface area (Å²) in [5.41, 5.74) is 2.22. The SMILES string of the molecule is CCCCCCCCc1ccc(-c2noc(C3CCCN3C(=O)O)n2)cc1. The molecule has 0 saturated carbocycles. The number of unbranched alkanes of at least 4 members (excludes halogenated alkanes) is 5. The van der Waals surface area contributed by atoms with Crippen molar-refractivity contribution in [3.63, 3.8) is 0 Å². The van der Waals surface area contributed by atoms with Gasteiger partial charge >= 0.3 is 6.09 Å². The molecule has 1 aromatic carbocycles. The predicted octanol–water partition coefficient (Wildman–Crippen LogP) is 5.45. The summed E-state index contributed by atoms with van der Waals surface area (Å²) in [4.78, 5) is 17.1. The first-order valence-corrected chi connectivity index (χ1v) is 10.1. The molecule has 0 spiro atoms. The minimum atomic E-state index is -0.934. The maximum atomic E-state index is 11.3. The number of benzene rings is 1. The van der Waals surface area contributed by atoms with Crippen molar-refractivity contribution in [1.82, 2.24) is 15.0 Å². The zero-order chi connectivity index (χ0) is 19.1. The monoisotopic (exact) mass is 371 g/mol. The van der Waals surface area contributed by atoms with Crippen LogP contribution < -0.4 is 0 Å². The molecule has 2 heterocycles. The predicted molar refractivity (Wildman–Crippen MR) is 104 cm³/mol. The summed E-state index contributed by atoms with van der Waals surface area (Å²) in [6.07, 6.45) is 9.52. The highest BCUT2D eigenvalue weighted by Crippen LogP contribution is 2.32. The number of amides is 1. The lowest BCUT2D eigenvalue weighted by atomic mass is 10.0. The standard InChI is InChI=1S/C21H29N3O3/c1-2-3-4-5-6-7-9-16-11-13-17(14-12-16)19-22-20(27-23-19)18-10-8-15-24(18)21(25)26/h11-14,18H,2-10,15H2,1H3,(H,25,26). The maximum Gasteiger partial charge on any atom is 0.407 e. The van der Waals surface area contributed by atoms with Gasteiger partial charge in [0.05, 0.1) is 0 Å².